The van der Waals surface area contributed by atoms with E-state index in [4.69, 9.17) is 11.6 Å². The highest BCUT2D eigenvalue weighted by Gasteiger charge is 2.36. The van der Waals surface area contributed by atoms with Gasteiger partial charge in [-0.15, -0.1) is 0 Å². The summed E-state index contributed by atoms with van der Waals surface area (Å²) in [6.45, 7) is 4.43. The number of rotatable bonds is 3. The molecule has 0 radical (unpaired) electrons. The summed E-state index contributed by atoms with van der Waals surface area (Å²) < 4.78 is 0. The molecule has 2 rings (SSSR count). The average molecular weight is 269 g/mol. The number of piperidine rings is 1. The number of likely N-dealkylation sites (N-methyl/N-ethyl adjacent to an activating group) is 1. The zero-order valence-electron chi connectivity index (χ0n) is 11.0. The number of nitrogens with one attached hydrogen (secondary N) is 1. The molecule has 18 heavy (non-hydrogen) atoms. The Hall–Kier alpha value is -0.610. The van der Waals surface area contributed by atoms with Crippen LogP contribution in [0, 0.1) is 0 Å². The van der Waals surface area contributed by atoms with E-state index < -0.39 is 5.60 Å². The molecule has 0 spiro atoms. The Morgan fingerprint density at radius 2 is 2.33 bits per heavy atom. The van der Waals surface area contributed by atoms with Crippen molar-refractivity contribution in [3.63, 3.8) is 0 Å². The van der Waals surface area contributed by atoms with Crippen molar-refractivity contribution in [2.24, 2.45) is 0 Å². The van der Waals surface area contributed by atoms with Gasteiger partial charge in [-0.05, 0) is 44.6 Å². The molecule has 2 atom stereocenters. The van der Waals surface area contributed by atoms with Crippen LogP contribution in [0.25, 0.3) is 0 Å². The molecule has 3 nitrogen and oxygen atoms in total. The molecule has 1 heterocycles. The second-order valence-electron chi connectivity index (χ2n) is 5.37. The highest BCUT2D eigenvalue weighted by molar-refractivity contribution is 6.30. The fourth-order valence-corrected chi connectivity index (χ4v) is 2.84. The summed E-state index contributed by atoms with van der Waals surface area (Å²) in [6.07, 6.45) is 0.789. The molecule has 100 valence electrons. The minimum Gasteiger partial charge on any atom is -0.388 e. The monoisotopic (exact) mass is 268 g/mol. The maximum absolute atomic E-state index is 10.4. The number of benzene rings is 1. The maximum atomic E-state index is 10.4. The third-order valence-electron chi connectivity index (χ3n) is 3.72. The summed E-state index contributed by atoms with van der Waals surface area (Å²) in [6, 6.07) is 8.01. The first-order chi connectivity index (χ1) is 8.49. The molecule has 0 aliphatic carbocycles. The van der Waals surface area contributed by atoms with Gasteiger partial charge in [0.25, 0.3) is 0 Å². The van der Waals surface area contributed by atoms with Crippen molar-refractivity contribution < 1.29 is 5.11 Å². The lowest BCUT2D eigenvalue weighted by atomic mass is 9.88. The van der Waals surface area contributed by atoms with E-state index in [0.717, 1.165) is 31.1 Å². The van der Waals surface area contributed by atoms with Gasteiger partial charge in [0.2, 0.25) is 0 Å². The van der Waals surface area contributed by atoms with Gasteiger partial charge < -0.3 is 10.4 Å². The quantitative estimate of drug-likeness (QED) is 0.879. The van der Waals surface area contributed by atoms with Crippen LogP contribution in [0.4, 0.5) is 0 Å². The smallest absolute Gasteiger partial charge is 0.0798 e. The predicted molar refractivity (Wildman–Crippen MR) is 74.8 cm³/mol. The Morgan fingerprint density at radius 1 is 1.56 bits per heavy atom. The second-order valence-corrected chi connectivity index (χ2v) is 5.81. The molecular weight excluding hydrogens is 248 g/mol. The number of hydrogen-bond acceptors (Lipinski definition) is 3. The van der Waals surface area contributed by atoms with Crippen molar-refractivity contribution in [1.29, 1.82) is 0 Å². The third-order valence-corrected chi connectivity index (χ3v) is 3.95. The van der Waals surface area contributed by atoms with Crippen LogP contribution >= 0.6 is 11.6 Å². The highest BCUT2D eigenvalue weighted by atomic mass is 35.5. The summed E-state index contributed by atoms with van der Waals surface area (Å²) in [5.41, 5.74) is 0.546. The summed E-state index contributed by atoms with van der Waals surface area (Å²) in [7, 11) is 2.05. The fraction of sp³-hybridized carbons (Fsp3) is 0.571. The van der Waals surface area contributed by atoms with E-state index in [1.807, 2.05) is 32.2 Å². The maximum Gasteiger partial charge on any atom is 0.0798 e. The molecule has 2 unspecified atom stereocenters. The van der Waals surface area contributed by atoms with Gasteiger partial charge >= 0.3 is 0 Å². The molecule has 1 aliphatic heterocycles. The molecule has 1 aliphatic rings. The molecule has 1 aromatic rings. The molecule has 0 bridgehead atoms. The zero-order chi connectivity index (χ0) is 13.2. The average Bonchev–Trinajstić information content (AvgIpc) is 2.28. The van der Waals surface area contributed by atoms with Crippen LogP contribution in [0.2, 0.25) is 5.02 Å². The molecule has 0 amide bonds. The molecule has 4 heteroatoms. The summed E-state index contributed by atoms with van der Waals surface area (Å²) in [4.78, 5) is 2.19. The van der Waals surface area contributed by atoms with E-state index in [2.05, 4.69) is 16.3 Å². The summed E-state index contributed by atoms with van der Waals surface area (Å²) in [5.74, 6) is 0. The van der Waals surface area contributed by atoms with E-state index in [9.17, 15) is 5.11 Å². The second kappa shape index (κ2) is 5.57. The normalized spacial score (nSPS) is 28.6. The van der Waals surface area contributed by atoms with E-state index in [1.54, 1.807) is 0 Å². The van der Waals surface area contributed by atoms with Crippen molar-refractivity contribution in [2.75, 3.05) is 20.1 Å². The standard InChI is InChI=1S/C14H21ClN2O/c1-14(18)6-7-16-9-13(14)17(2)10-11-4-3-5-12(15)8-11/h3-5,8,13,16,18H,6-7,9-10H2,1-2H3. The topological polar surface area (TPSA) is 35.5 Å². The Balaban J connectivity index is 2.05. The molecule has 1 saturated heterocycles. The first kappa shape index (κ1) is 13.8. The van der Waals surface area contributed by atoms with Crippen LogP contribution in [-0.4, -0.2) is 41.8 Å². The van der Waals surface area contributed by atoms with Crippen LogP contribution in [0.3, 0.4) is 0 Å². The first-order valence-electron chi connectivity index (χ1n) is 6.37. The van der Waals surface area contributed by atoms with Gasteiger partial charge in [0.1, 0.15) is 0 Å². The Bertz CT molecular complexity index is 409. The van der Waals surface area contributed by atoms with Crippen molar-refractivity contribution in [3.05, 3.63) is 34.9 Å². The molecule has 1 aromatic carbocycles. The minimum absolute atomic E-state index is 0.130. The zero-order valence-corrected chi connectivity index (χ0v) is 11.7. The van der Waals surface area contributed by atoms with E-state index >= 15 is 0 Å². The number of aliphatic hydroxyl groups is 1. The van der Waals surface area contributed by atoms with Crippen LogP contribution in [0.1, 0.15) is 18.9 Å². The van der Waals surface area contributed by atoms with Gasteiger partial charge in [0, 0.05) is 18.1 Å². The van der Waals surface area contributed by atoms with Gasteiger partial charge in [0.05, 0.1) is 11.6 Å². The number of hydrogen-bond donors (Lipinski definition) is 2. The van der Waals surface area contributed by atoms with Gasteiger partial charge in [-0.25, -0.2) is 0 Å². The van der Waals surface area contributed by atoms with Crippen molar-refractivity contribution >= 4 is 11.6 Å². The van der Waals surface area contributed by atoms with Gasteiger partial charge in [0.15, 0.2) is 0 Å². The number of nitrogens with zero attached hydrogens (tertiary/aromatic N) is 1. The largest absolute Gasteiger partial charge is 0.388 e. The van der Waals surface area contributed by atoms with Crippen LogP contribution in [0.5, 0.6) is 0 Å². The first-order valence-corrected chi connectivity index (χ1v) is 6.74. The molecular formula is C14H21ClN2O. The van der Waals surface area contributed by atoms with Crippen molar-refractivity contribution in [1.82, 2.24) is 10.2 Å². The Labute approximate surface area is 114 Å². The lowest BCUT2D eigenvalue weighted by Gasteiger charge is -2.42. The Kier molecular flexibility index (Phi) is 4.28. The summed E-state index contributed by atoms with van der Waals surface area (Å²) in [5, 5.41) is 14.5. The van der Waals surface area contributed by atoms with E-state index in [-0.39, 0.29) is 6.04 Å². The Morgan fingerprint density at radius 3 is 3.00 bits per heavy atom. The SMILES string of the molecule is CN(Cc1cccc(Cl)c1)C1CNCCC1(C)O. The lowest BCUT2D eigenvalue weighted by Crippen LogP contribution is -2.59. The van der Waals surface area contributed by atoms with Crippen molar-refractivity contribution in [2.45, 2.75) is 31.5 Å². The fourth-order valence-electron chi connectivity index (χ4n) is 2.63. The molecule has 0 saturated carbocycles. The third kappa shape index (κ3) is 3.23. The van der Waals surface area contributed by atoms with Crippen LogP contribution < -0.4 is 5.32 Å². The molecule has 2 N–H and O–H groups in total. The van der Waals surface area contributed by atoms with Crippen LogP contribution in [-0.2, 0) is 6.54 Å². The van der Waals surface area contributed by atoms with Crippen LogP contribution in [0.15, 0.2) is 24.3 Å². The lowest BCUT2D eigenvalue weighted by molar-refractivity contribution is -0.0473. The van der Waals surface area contributed by atoms with E-state index in [0.29, 0.717) is 0 Å². The van der Waals surface area contributed by atoms with Crippen molar-refractivity contribution in [3.8, 4) is 0 Å². The molecule has 1 fully saturated rings. The predicted octanol–water partition coefficient (Wildman–Crippen LogP) is 1.88. The van der Waals surface area contributed by atoms with Gasteiger partial charge in [-0.1, -0.05) is 23.7 Å². The van der Waals surface area contributed by atoms with Gasteiger partial charge in [-0.3, -0.25) is 4.90 Å². The minimum atomic E-state index is -0.626. The summed E-state index contributed by atoms with van der Waals surface area (Å²) >= 11 is 5.99. The van der Waals surface area contributed by atoms with E-state index in [1.165, 1.54) is 5.56 Å². The highest BCUT2D eigenvalue weighted by Crippen LogP contribution is 2.23. The molecule has 0 aromatic heterocycles. The number of halogens is 1. The van der Waals surface area contributed by atoms with Gasteiger partial charge in [-0.2, -0.15) is 0 Å².